The molecular formula is C29H37N3O5. The van der Waals surface area contributed by atoms with Crippen molar-refractivity contribution in [1.82, 2.24) is 14.4 Å². The zero-order valence-electron chi connectivity index (χ0n) is 21.6. The van der Waals surface area contributed by atoms with E-state index in [4.69, 9.17) is 19.8 Å². The Kier molecular flexibility index (Phi) is 8.82. The predicted molar refractivity (Wildman–Crippen MR) is 143 cm³/mol. The van der Waals surface area contributed by atoms with E-state index in [1.54, 1.807) is 0 Å². The minimum Gasteiger partial charge on any atom is -0.473 e. The van der Waals surface area contributed by atoms with E-state index < -0.39 is 11.9 Å². The molecule has 0 aliphatic carbocycles. The molecule has 2 N–H and O–H groups in total. The second kappa shape index (κ2) is 12.2. The Morgan fingerprint density at radius 3 is 2.19 bits per heavy atom. The summed E-state index contributed by atoms with van der Waals surface area (Å²) in [5.74, 6) is -3.06. The van der Waals surface area contributed by atoms with Gasteiger partial charge in [0.2, 0.25) is 5.91 Å². The van der Waals surface area contributed by atoms with Crippen molar-refractivity contribution >= 4 is 39.7 Å². The van der Waals surface area contributed by atoms with E-state index in [2.05, 4.69) is 63.8 Å². The fourth-order valence-electron chi connectivity index (χ4n) is 5.75. The van der Waals surface area contributed by atoms with Gasteiger partial charge in [0.05, 0.1) is 5.92 Å². The van der Waals surface area contributed by atoms with Gasteiger partial charge in [0.15, 0.2) is 0 Å². The molecule has 1 amide bonds. The Morgan fingerprint density at radius 1 is 0.838 bits per heavy atom. The molecule has 1 atom stereocenters. The van der Waals surface area contributed by atoms with Crippen molar-refractivity contribution in [2.24, 2.45) is 5.92 Å². The molecule has 1 aromatic heterocycles. The van der Waals surface area contributed by atoms with Crippen molar-refractivity contribution in [2.45, 2.75) is 58.5 Å². The van der Waals surface area contributed by atoms with Gasteiger partial charge in [-0.1, -0.05) is 37.1 Å². The molecule has 1 unspecified atom stereocenters. The van der Waals surface area contributed by atoms with E-state index in [0.29, 0.717) is 5.91 Å². The van der Waals surface area contributed by atoms with Crippen LogP contribution < -0.4 is 0 Å². The minimum absolute atomic E-state index is 0.178. The maximum Gasteiger partial charge on any atom is 0.414 e. The summed E-state index contributed by atoms with van der Waals surface area (Å²) in [7, 11) is 0. The van der Waals surface area contributed by atoms with Crippen molar-refractivity contribution < 1.29 is 24.6 Å². The van der Waals surface area contributed by atoms with Crippen LogP contribution in [0.25, 0.3) is 21.8 Å². The number of amides is 1. The Morgan fingerprint density at radius 2 is 1.51 bits per heavy atom. The van der Waals surface area contributed by atoms with Gasteiger partial charge in [-0.25, -0.2) is 9.59 Å². The third-order valence-electron chi connectivity index (χ3n) is 7.51. The number of rotatable bonds is 4. The highest BCUT2D eigenvalue weighted by Crippen LogP contribution is 2.30. The lowest BCUT2D eigenvalue weighted by molar-refractivity contribution is -0.159. The number of aromatic nitrogens is 1. The summed E-state index contributed by atoms with van der Waals surface area (Å²) < 4.78 is 2.41. The maximum absolute atomic E-state index is 13.2. The average Bonchev–Trinajstić information content (AvgIpc) is 3.03. The third-order valence-corrected chi connectivity index (χ3v) is 7.51. The zero-order chi connectivity index (χ0) is 26.4. The van der Waals surface area contributed by atoms with E-state index in [1.165, 1.54) is 53.1 Å². The molecule has 2 aliphatic rings. The molecule has 2 aliphatic heterocycles. The summed E-state index contributed by atoms with van der Waals surface area (Å²) in [5, 5.41) is 17.5. The van der Waals surface area contributed by atoms with E-state index in [9.17, 15) is 4.79 Å². The number of aryl methyl sites for hydroxylation is 1. The maximum atomic E-state index is 13.2. The van der Waals surface area contributed by atoms with Crippen molar-refractivity contribution in [3.05, 3.63) is 48.0 Å². The quantitative estimate of drug-likeness (QED) is 0.501. The lowest BCUT2D eigenvalue weighted by Gasteiger charge is -2.34. The normalized spacial score (nSPS) is 18.7. The van der Waals surface area contributed by atoms with Crippen molar-refractivity contribution in [3.8, 4) is 0 Å². The SMILES string of the molecule is CCn1c2ccccc2c2cc(CN3CCCC(C(=O)N4CCCCCC4)C3)ccc21.O=C(O)C(=O)O. The van der Waals surface area contributed by atoms with Crippen LogP contribution >= 0.6 is 0 Å². The van der Waals surface area contributed by atoms with Gasteiger partial charge in [-0.05, 0) is 62.9 Å². The van der Waals surface area contributed by atoms with Gasteiger partial charge < -0.3 is 19.7 Å². The number of carbonyl (C=O) groups excluding carboxylic acids is 1. The molecule has 0 spiro atoms. The fraction of sp³-hybridized carbons (Fsp3) is 0.483. The zero-order valence-corrected chi connectivity index (χ0v) is 21.6. The Bertz CT molecular complexity index is 1250. The van der Waals surface area contributed by atoms with Crippen molar-refractivity contribution in [3.63, 3.8) is 0 Å². The average molecular weight is 508 g/mol. The molecule has 5 rings (SSSR count). The fourth-order valence-corrected chi connectivity index (χ4v) is 5.75. The van der Waals surface area contributed by atoms with E-state index >= 15 is 0 Å². The monoisotopic (exact) mass is 507 g/mol. The van der Waals surface area contributed by atoms with Crippen LogP contribution in [0.1, 0.15) is 51.0 Å². The number of fused-ring (bicyclic) bond motifs is 3. The number of carboxylic acid groups (broad SMARTS) is 2. The number of piperidine rings is 1. The van der Waals surface area contributed by atoms with Crippen LogP contribution in [0.5, 0.6) is 0 Å². The molecular weight excluding hydrogens is 470 g/mol. The second-order valence-electron chi connectivity index (χ2n) is 10.0. The van der Waals surface area contributed by atoms with Gasteiger partial charge in [-0.2, -0.15) is 0 Å². The number of hydrogen-bond acceptors (Lipinski definition) is 4. The first-order valence-corrected chi connectivity index (χ1v) is 13.4. The molecule has 0 saturated carbocycles. The molecule has 8 nitrogen and oxygen atoms in total. The topological polar surface area (TPSA) is 103 Å². The molecule has 0 bridgehead atoms. The van der Waals surface area contributed by atoms with Crippen LogP contribution in [0.2, 0.25) is 0 Å². The highest BCUT2D eigenvalue weighted by Gasteiger charge is 2.29. The van der Waals surface area contributed by atoms with Crippen molar-refractivity contribution in [1.29, 1.82) is 0 Å². The van der Waals surface area contributed by atoms with E-state index in [1.807, 2.05) is 0 Å². The standard InChI is InChI=1S/C27H35N3O.C2H2O4/c1-2-30-25-12-6-5-11-23(25)24-18-21(13-14-26(24)30)19-28-15-9-10-22(20-28)27(31)29-16-7-3-4-8-17-29;3-1(4)2(5)6/h5-6,11-14,18,22H,2-4,7-10,15-17,19-20H2,1H3;(H,3,4)(H,5,6). The lowest BCUT2D eigenvalue weighted by Crippen LogP contribution is -2.44. The van der Waals surface area contributed by atoms with Crippen LogP contribution in [-0.2, 0) is 27.5 Å². The molecule has 2 saturated heterocycles. The largest absolute Gasteiger partial charge is 0.473 e. The Labute approximate surface area is 217 Å². The smallest absolute Gasteiger partial charge is 0.414 e. The van der Waals surface area contributed by atoms with Crippen LogP contribution in [0.3, 0.4) is 0 Å². The number of aliphatic carboxylic acids is 2. The summed E-state index contributed by atoms with van der Waals surface area (Å²) in [6.45, 7) is 8.07. The highest BCUT2D eigenvalue weighted by molar-refractivity contribution is 6.27. The van der Waals surface area contributed by atoms with E-state index in [0.717, 1.165) is 52.1 Å². The molecule has 0 radical (unpaired) electrons. The number of nitrogens with zero attached hydrogens (tertiary/aromatic N) is 3. The Hall–Kier alpha value is -3.39. The van der Waals surface area contributed by atoms with Gasteiger partial charge in [0.1, 0.15) is 0 Å². The number of hydrogen-bond donors (Lipinski definition) is 2. The highest BCUT2D eigenvalue weighted by atomic mass is 16.4. The molecule has 37 heavy (non-hydrogen) atoms. The van der Waals surface area contributed by atoms with Crippen LogP contribution in [0.4, 0.5) is 0 Å². The predicted octanol–water partition coefficient (Wildman–Crippen LogP) is 4.58. The number of carboxylic acids is 2. The van der Waals surface area contributed by atoms with Crippen molar-refractivity contribution in [2.75, 3.05) is 26.2 Å². The number of likely N-dealkylation sites (tertiary alicyclic amines) is 2. The molecule has 2 fully saturated rings. The molecule has 3 heterocycles. The molecule has 8 heteroatoms. The summed E-state index contributed by atoms with van der Waals surface area (Å²) in [5.41, 5.74) is 3.99. The van der Waals surface area contributed by atoms with Gasteiger partial charge in [-0.15, -0.1) is 0 Å². The van der Waals surface area contributed by atoms with Gasteiger partial charge in [0.25, 0.3) is 0 Å². The number of para-hydroxylation sites is 1. The molecule has 3 aromatic rings. The molecule has 2 aromatic carbocycles. The Balaban J connectivity index is 0.000000480. The summed E-state index contributed by atoms with van der Waals surface area (Å²) in [6, 6.07) is 15.7. The van der Waals surface area contributed by atoms with E-state index in [-0.39, 0.29) is 5.92 Å². The minimum atomic E-state index is -1.82. The first-order chi connectivity index (χ1) is 17.9. The third kappa shape index (κ3) is 6.31. The molecule has 198 valence electrons. The first-order valence-electron chi connectivity index (χ1n) is 13.4. The lowest BCUT2D eigenvalue weighted by atomic mass is 9.95. The van der Waals surface area contributed by atoms with Crippen LogP contribution in [0, 0.1) is 5.92 Å². The van der Waals surface area contributed by atoms with Gasteiger partial charge in [0, 0.05) is 54.5 Å². The number of benzene rings is 2. The van der Waals surface area contributed by atoms with Gasteiger partial charge >= 0.3 is 11.9 Å². The van der Waals surface area contributed by atoms with Crippen LogP contribution in [0.15, 0.2) is 42.5 Å². The number of carbonyl (C=O) groups is 3. The van der Waals surface area contributed by atoms with Gasteiger partial charge in [-0.3, -0.25) is 9.69 Å². The first kappa shape index (κ1) is 26.7. The summed E-state index contributed by atoms with van der Waals surface area (Å²) in [6.07, 6.45) is 7.08. The summed E-state index contributed by atoms with van der Waals surface area (Å²) >= 11 is 0. The van der Waals surface area contributed by atoms with Crippen LogP contribution in [-0.4, -0.2) is 68.6 Å². The summed E-state index contributed by atoms with van der Waals surface area (Å²) in [4.78, 5) is 36.0. The second-order valence-corrected chi connectivity index (χ2v) is 10.0.